The van der Waals surface area contributed by atoms with Gasteiger partial charge in [0.15, 0.2) is 5.11 Å². The number of unbranched alkanes of at least 4 members (excludes halogenated alkanes) is 1. The lowest BCUT2D eigenvalue weighted by Crippen LogP contribution is -2.51. The van der Waals surface area contributed by atoms with E-state index in [4.69, 9.17) is 12.2 Å². The second kappa shape index (κ2) is 9.49. The number of rotatable bonds is 6. The highest BCUT2D eigenvalue weighted by atomic mass is 32.2. The van der Waals surface area contributed by atoms with Gasteiger partial charge in [-0.1, -0.05) is 43.7 Å². The first-order valence-electron chi connectivity index (χ1n) is 9.71. The highest BCUT2D eigenvalue weighted by molar-refractivity contribution is 7.89. The van der Waals surface area contributed by atoms with E-state index in [1.165, 1.54) is 22.7 Å². The molecule has 5 nitrogen and oxygen atoms in total. The molecule has 2 aromatic carbocycles. The highest BCUT2D eigenvalue weighted by Gasteiger charge is 2.29. The van der Waals surface area contributed by atoms with Gasteiger partial charge in [-0.15, -0.1) is 0 Å². The van der Waals surface area contributed by atoms with Gasteiger partial charge in [-0.05, 0) is 54.9 Å². The SMILES string of the molecule is CCCCc1ccc(NC(=S)N2CCN(S(=O)(=O)c3ccccc3)CC2)cc1. The first-order valence-corrected chi connectivity index (χ1v) is 11.6. The van der Waals surface area contributed by atoms with Gasteiger partial charge >= 0.3 is 0 Å². The molecule has 0 spiro atoms. The Labute approximate surface area is 173 Å². The van der Waals surface area contributed by atoms with E-state index in [0.717, 1.165) is 12.1 Å². The van der Waals surface area contributed by atoms with Crippen molar-refractivity contribution in [2.75, 3.05) is 31.5 Å². The van der Waals surface area contributed by atoms with Crippen molar-refractivity contribution in [1.82, 2.24) is 9.21 Å². The van der Waals surface area contributed by atoms with Crippen LogP contribution < -0.4 is 5.32 Å². The van der Waals surface area contributed by atoms with Gasteiger partial charge in [-0.25, -0.2) is 8.42 Å². The molecular weight excluding hydrogens is 390 g/mol. The number of thiocarbonyl (C=S) groups is 1. The average Bonchev–Trinajstić information content (AvgIpc) is 2.74. The minimum absolute atomic E-state index is 0.340. The Kier molecular flexibility index (Phi) is 7.04. The minimum Gasteiger partial charge on any atom is -0.346 e. The summed E-state index contributed by atoms with van der Waals surface area (Å²) in [6.07, 6.45) is 3.48. The number of nitrogens with zero attached hydrogens (tertiary/aromatic N) is 2. The van der Waals surface area contributed by atoms with Gasteiger partial charge in [0.1, 0.15) is 0 Å². The van der Waals surface area contributed by atoms with Crippen LogP contribution in [0, 0.1) is 0 Å². The summed E-state index contributed by atoms with van der Waals surface area (Å²) in [4.78, 5) is 2.37. The largest absolute Gasteiger partial charge is 0.346 e. The van der Waals surface area contributed by atoms with E-state index in [9.17, 15) is 8.42 Å². The summed E-state index contributed by atoms with van der Waals surface area (Å²) in [5.41, 5.74) is 2.29. The third-order valence-electron chi connectivity index (χ3n) is 4.93. The molecule has 0 unspecified atom stereocenters. The van der Waals surface area contributed by atoms with Crippen LogP contribution in [0.2, 0.25) is 0 Å². The van der Waals surface area contributed by atoms with Crippen molar-refractivity contribution in [2.24, 2.45) is 0 Å². The predicted octanol–water partition coefficient (Wildman–Crippen LogP) is 3.73. The number of anilines is 1. The Balaban J connectivity index is 1.54. The van der Waals surface area contributed by atoms with Gasteiger partial charge in [0.25, 0.3) is 0 Å². The van der Waals surface area contributed by atoms with Crippen LogP contribution in [0.5, 0.6) is 0 Å². The van der Waals surface area contributed by atoms with Crippen molar-refractivity contribution in [2.45, 2.75) is 31.1 Å². The molecule has 7 heteroatoms. The van der Waals surface area contributed by atoms with Gasteiger partial charge in [0, 0.05) is 31.9 Å². The molecule has 1 aliphatic heterocycles. The van der Waals surface area contributed by atoms with Crippen LogP contribution in [0.25, 0.3) is 0 Å². The fraction of sp³-hybridized carbons (Fsp3) is 0.381. The average molecular weight is 418 g/mol. The van der Waals surface area contributed by atoms with Crippen molar-refractivity contribution in [3.05, 3.63) is 60.2 Å². The summed E-state index contributed by atoms with van der Waals surface area (Å²) in [6.45, 7) is 4.20. The molecule has 0 aliphatic carbocycles. The fourth-order valence-electron chi connectivity index (χ4n) is 3.21. The zero-order chi connectivity index (χ0) is 20.0. The molecule has 1 heterocycles. The van der Waals surface area contributed by atoms with E-state index < -0.39 is 10.0 Å². The summed E-state index contributed by atoms with van der Waals surface area (Å²) in [6, 6.07) is 16.9. The van der Waals surface area contributed by atoms with Crippen molar-refractivity contribution in [3.8, 4) is 0 Å². The number of hydrogen-bond donors (Lipinski definition) is 1. The van der Waals surface area contributed by atoms with Crippen molar-refractivity contribution < 1.29 is 8.42 Å². The lowest BCUT2D eigenvalue weighted by molar-refractivity contribution is 0.268. The number of aryl methyl sites for hydroxylation is 1. The molecule has 1 saturated heterocycles. The number of benzene rings is 2. The second-order valence-corrected chi connectivity index (χ2v) is 9.26. The molecule has 1 aliphatic rings. The van der Waals surface area contributed by atoms with E-state index in [0.29, 0.717) is 36.2 Å². The van der Waals surface area contributed by atoms with Gasteiger partial charge in [0.2, 0.25) is 10.0 Å². The molecule has 28 heavy (non-hydrogen) atoms. The zero-order valence-electron chi connectivity index (χ0n) is 16.2. The van der Waals surface area contributed by atoms with E-state index in [1.807, 2.05) is 23.1 Å². The molecule has 0 bridgehead atoms. The summed E-state index contributed by atoms with van der Waals surface area (Å²) >= 11 is 5.53. The molecule has 0 radical (unpaired) electrons. The van der Waals surface area contributed by atoms with Crippen LogP contribution in [0.3, 0.4) is 0 Å². The van der Waals surface area contributed by atoms with Crippen molar-refractivity contribution in [1.29, 1.82) is 0 Å². The molecule has 150 valence electrons. The Morgan fingerprint density at radius 2 is 1.64 bits per heavy atom. The third kappa shape index (κ3) is 5.10. The minimum atomic E-state index is -3.44. The summed E-state index contributed by atoms with van der Waals surface area (Å²) in [7, 11) is -3.44. The van der Waals surface area contributed by atoms with Crippen LogP contribution in [0.1, 0.15) is 25.3 Å². The molecule has 0 aromatic heterocycles. The van der Waals surface area contributed by atoms with Crippen LogP contribution in [0.4, 0.5) is 5.69 Å². The van der Waals surface area contributed by atoms with Crippen molar-refractivity contribution >= 4 is 33.0 Å². The monoisotopic (exact) mass is 417 g/mol. The Bertz CT molecular complexity index is 876. The van der Waals surface area contributed by atoms with Crippen LogP contribution >= 0.6 is 12.2 Å². The summed E-state index contributed by atoms with van der Waals surface area (Å²) in [5, 5.41) is 3.91. The van der Waals surface area contributed by atoms with Crippen LogP contribution in [-0.4, -0.2) is 48.9 Å². The molecule has 2 aromatic rings. The third-order valence-corrected chi connectivity index (χ3v) is 7.20. The topological polar surface area (TPSA) is 52.6 Å². The maximum Gasteiger partial charge on any atom is 0.243 e. The lowest BCUT2D eigenvalue weighted by Gasteiger charge is -2.35. The Morgan fingerprint density at radius 1 is 1.00 bits per heavy atom. The quantitative estimate of drug-likeness (QED) is 0.726. The second-order valence-electron chi connectivity index (χ2n) is 6.93. The van der Waals surface area contributed by atoms with E-state index in [1.54, 1.807) is 24.3 Å². The van der Waals surface area contributed by atoms with E-state index >= 15 is 0 Å². The maximum atomic E-state index is 12.7. The summed E-state index contributed by atoms with van der Waals surface area (Å²) < 4.78 is 27.0. The van der Waals surface area contributed by atoms with Gasteiger partial charge in [-0.3, -0.25) is 0 Å². The molecule has 1 N–H and O–H groups in total. The maximum absolute atomic E-state index is 12.7. The molecule has 3 rings (SSSR count). The van der Waals surface area contributed by atoms with Gasteiger partial charge in [-0.2, -0.15) is 4.31 Å². The van der Waals surface area contributed by atoms with Gasteiger partial charge < -0.3 is 10.2 Å². The Hall–Kier alpha value is -1.96. The smallest absolute Gasteiger partial charge is 0.243 e. The first kappa shape index (κ1) is 20.8. The molecular formula is C21H27N3O2S2. The first-order chi connectivity index (χ1) is 13.5. The normalized spacial score (nSPS) is 15.4. The van der Waals surface area contributed by atoms with E-state index in [2.05, 4.69) is 24.4 Å². The molecule has 0 saturated carbocycles. The highest BCUT2D eigenvalue weighted by Crippen LogP contribution is 2.18. The molecule has 1 fully saturated rings. The number of piperazine rings is 1. The summed E-state index contributed by atoms with van der Waals surface area (Å²) in [5.74, 6) is 0. The number of nitrogens with one attached hydrogen (secondary N) is 1. The van der Waals surface area contributed by atoms with Crippen LogP contribution in [-0.2, 0) is 16.4 Å². The van der Waals surface area contributed by atoms with E-state index in [-0.39, 0.29) is 0 Å². The molecule has 0 atom stereocenters. The van der Waals surface area contributed by atoms with Gasteiger partial charge in [0.05, 0.1) is 4.90 Å². The van der Waals surface area contributed by atoms with Crippen molar-refractivity contribution in [3.63, 3.8) is 0 Å². The van der Waals surface area contributed by atoms with Crippen LogP contribution in [0.15, 0.2) is 59.5 Å². The fourth-order valence-corrected chi connectivity index (χ4v) is 4.95. The number of sulfonamides is 1. The number of hydrogen-bond acceptors (Lipinski definition) is 3. The predicted molar refractivity (Wildman–Crippen MR) is 118 cm³/mol. The zero-order valence-corrected chi connectivity index (χ0v) is 17.8. The lowest BCUT2D eigenvalue weighted by atomic mass is 10.1. The Morgan fingerprint density at radius 3 is 2.25 bits per heavy atom. The standard InChI is InChI=1S/C21H27N3O2S2/c1-2-3-7-18-10-12-19(13-11-18)22-21(27)23-14-16-24(17-15-23)28(25,26)20-8-5-4-6-9-20/h4-6,8-13H,2-3,7,14-17H2,1H3,(H,22,27). The molecule has 0 amide bonds.